The highest BCUT2D eigenvalue weighted by atomic mass is 16.5. The molecule has 0 spiro atoms. The van der Waals surface area contributed by atoms with Gasteiger partial charge < -0.3 is 9.52 Å². The maximum Gasteiger partial charge on any atom is 0.257 e. The van der Waals surface area contributed by atoms with Gasteiger partial charge in [0.2, 0.25) is 11.8 Å². The monoisotopic (exact) mass is 476 g/mol. The topological polar surface area (TPSA) is 128 Å². The second kappa shape index (κ2) is 7.47. The lowest BCUT2D eigenvalue weighted by Gasteiger charge is -2.47. The van der Waals surface area contributed by atoms with Gasteiger partial charge in [-0.3, -0.25) is 24.4 Å². The maximum atomic E-state index is 14.0. The number of benzene rings is 1. The molecule has 9 heteroatoms. The second-order valence-electron chi connectivity index (χ2n) is 9.95. The molecule has 3 fully saturated rings. The molecule has 1 aromatic carbocycles. The standard InChI is InChI=1S/C26H24N2O7/c1-26-18(23(31)27(25(26)33)13-5-3-2-4-6-13)11-17-15(21(26)19-10-7-14(12-29)35-19)8-9-16-20(17)24(32)28(34)22(16)30/h2-8,10,16-18,20-21,29,34H,9,11-12H2,1H3/t16-,17+,18-,20-,21+,26+/m0/s1. The molecule has 9 nitrogen and oxygen atoms in total. The van der Waals surface area contributed by atoms with Gasteiger partial charge in [-0.15, -0.1) is 0 Å². The van der Waals surface area contributed by atoms with Crippen LogP contribution in [0, 0.1) is 29.1 Å². The molecule has 2 aliphatic carbocycles. The van der Waals surface area contributed by atoms with Crippen LogP contribution >= 0.6 is 0 Å². The predicted octanol–water partition coefficient (Wildman–Crippen LogP) is 2.39. The summed E-state index contributed by atoms with van der Waals surface area (Å²) in [5.41, 5.74) is 0.0317. The number of nitrogens with zero attached hydrogens (tertiary/aromatic N) is 2. The summed E-state index contributed by atoms with van der Waals surface area (Å²) < 4.78 is 5.92. The normalized spacial score (nSPS) is 34.1. The van der Waals surface area contributed by atoms with Crippen molar-refractivity contribution >= 4 is 29.3 Å². The Balaban J connectivity index is 1.53. The number of allylic oxidation sites excluding steroid dienone is 2. The molecule has 0 radical (unpaired) electrons. The minimum atomic E-state index is -1.20. The number of hydrogen-bond donors (Lipinski definition) is 2. The first kappa shape index (κ1) is 21.9. The van der Waals surface area contributed by atoms with Gasteiger partial charge in [-0.05, 0) is 49.9 Å². The van der Waals surface area contributed by atoms with Crippen molar-refractivity contribution in [3.63, 3.8) is 0 Å². The molecule has 1 saturated carbocycles. The minimum absolute atomic E-state index is 0.198. The number of aliphatic hydroxyl groups is 1. The van der Waals surface area contributed by atoms with E-state index >= 15 is 0 Å². The number of rotatable bonds is 3. The molecule has 35 heavy (non-hydrogen) atoms. The predicted molar refractivity (Wildman–Crippen MR) is 119 cm³/mol. The number of amides is 4. The van der Waals surface area contributed by atoms with Crippen LogP contribution in [0.1, 0.15) is 37.2 Å². The Labute approximate surface area is 200 Å². The fraction of sp³-hybridized carbons (Fsp3) is 0.385. The molecule has 2 aliphatic heterocycles. The van der Waals surface area contributed by atoms with E-state index in [9.17, 15) is 29.5 Å². The largest absolute Gasteiger partial charge is 0.463 e. The van der Waals surface area contributed by atoms with Crippen LogP contribution in [0.4, 0.5) is 5.69 Å². The number of anilines is 1. The Morgan fingerprint density at radius 2 is 1.74 bits per heavy atom. The molecular formula is C26H24N2O7. The average molecular weight is 476 g/mol. The SMILES string of the molecule is C[C@@]12C(=O)N(c3ccccc3)C(=O)[C@@H]1C[C@@H]1C(=CC[C@@H]3C(=O)N(O)C(=O)[C@@H]31)[C@@H]2c1ccc(CO)o1. The van der Waals surface area contributed by atoms with Crippen LogP contribution in [0.5, 0.6) is 0 Å². The molecule has 2 N–H and O–H groups in total. The first-order valence-electron chi connectivity index (χ1n) is 11.7. The van der Waals surface area contributed by atoms with Crippen molar-refractivity contribution in [1.82, 2.24) is 5.06 Å². The van der Waals surface area contributed by atoms with Gasteiger partial charge in [0.15, 0.2) is 0 Å². The maximum absolute atomic E-state index is 14.0. The van der Waals surface area contributed by atoms with Crippen molar-refractivity contribution in [1.29, 1.82) is 0 Å². The third kappa shape index (κ3) is 2.76. The molecule has 2 aromatic rings. The van der Waals surface area contributed by atoms with Gasteiger partial charge in [0, 0.05) is 0 Å². The molecule has 6 rings (SSSR count). The Kier molecular flexibility index (Phi) is 4.68. The van der Waals surface area contributed by atoms with Gasteiger partial charge in [0.1, 0.15) is 18.1 Å². The van der Waals surface area contributed by atoms with Gasteiger partial charge >= 0.3 is 0 Å². The van der Waals surface area contributed by atoms with E-state index in [0.717, 1.165) is 5.57 Å². The molecule has 1 aromatic heterocycles. The highest BCUT2D eigenvalue weighted by Crippen LogP contribution is 2.63. The van der Waals surface area contributed by atoms with Crippen LogP contribution in [0.2, 0.25) is 0 Å². The molecule has 4 amide bonds. The van der Waals surface area contributed by atoms with Gasteiger partial charge in [-0.25, -0.2) is 4.90 Å². The van der Waals surface area contributed by atoms with Crippen molar-refractivity contribution in [2.24, 2.45) is 29.1 Å². The Morgan fingerprint density at radius 3 is 2.43 bits per heavy atom. The quantitative estimate of drug-likeness (QED) is 0.395. The summed E-state index contributed by atoms with van der Waals surface area (Å²) in [5, 5.41) is 19.8. The average Bonchev–Trinajstić information content (AvgIpc) is 3.48. The van der Waals surface area contributed by atoms with Crippen LogP contribution in [-0.4, -0.2) is 39.0 Å². The zero-order chi connectivity index (χ0) is 24.6. The minimum Gasteiger partial charge on any atom is -0.463 e. The molecule has 2 saturated heterocycles. The first-order chi connectivity index (χ1) is 16.8. The van der Waals surface area contributed by atoms with Gasteiger partial charge in [0.25, 0.3) is 11.8 Å². The van der Waals surface area contributed by atoms with E-state index in [0.29, 0.717) is 17.2 Å². The van der Waals surface area contributed by atoms with Crippen molar-refractivity contribution in [2.75, 3.05) is 4.90 Å². The van der Waals surface area contributed by atoms with Crippen LogP contribution in [0.25, 0.3) is 0 Å². The summed E-state index contributed by atoms with van der Waals surface area (Å²) in [6.07, 6.45) is 2.31. The van der Waals surface area contributed by atoms with E-state index in [1.165, 1.54) is 4.90 Å². The van der Waals surface area contributed by atoms with Crippen molar-refractivity contribution in [3.05, 3.63) is 65.6 Å². The lowest BCUT2D eigenvalue weighted by Crippen LogP contribution is -2.48. The molecule has 0 unspecified atom stereocenters. The van der Waals surface area contributed by atoms with E-state index in [4.69, 9.17) is 4.42 Å². The Morgan fingerprint density at radius 1 is 1.00 bits per heavy atom. The van der Waals surface area contributed by atoms with E-state index in [1.54, 1.807) is 49.4 Å². The fourth-order valence-electron chi connectivity index (χ4n) is 6.76. The number of furan rings is 1. The van der Waals surface area contributed by atoms with E-state index < -0.39 is 46.8 Å². The Hall–Kier alpha value is -3.56. The first-order valence-corrected chi connectivity index (χ1v) is 11.7. The highest BCUT2D eigenvalue weighted by Gasteiger charge is 2.68. The summed E-state index contributed by atoms with van der Waals surface area (Å²) in [5.74, 6) is -4.74. The summed E-state index contributed by atoms with van der Waals surface area (Å²) in [7, 11) is 0. The number of imide groups is 2. The van der Waals surface area contributed by atoms with E-state index in [1.807, 2.05) is 6.08 Å². The summed E-state index contributed by atoms with van der Waals surface area (Å²) in [6, 6.07) is 12.0. The van der Waals surface area contributed by atoms with Crippen LogP contribution < -0.4 is 4.90 Å². The van der Waals surface area contributed by atoms with Crippen LogP contribution in [-0.2, 0) is 25.8 Å². The zero-order valence-electron chi connectivity index (χ0n) is 19.0. The van der Waals surface area contributed by atoms with Gasteiger partial charge in [-0.2, -0.15) is 5.06 Å². The molecular weight excluding hydrogens is 452 g/mol. The van der Waals surface area contributed by atoms with Gasteiger partial charge in [-0.1, -0.05) is 29.8 Å². The zero-order valence-corrected chi connectivity index (χ0v) is 19.0. The van der Waals surface area contributed by atoms with Crippen LogP contribution in [0.15, 0.2) is 58.5 Å². The van der Waals surface area contributed by atoms with Crippen molar-refractivity contribution < 1.29 is 33.9 Å². The molecule has 180 valence electrons. The molecule has 6 atom stereocenters. The Bertz CT molecular complexity index is 1300. The smallest absolute Gasteiger partial charge is 0.257 e. The highest BCUT2D eigenvalue weighted by molar-refractivity contribution is 6.24. The molecule has 3 heterocycles. The number of aliphatic hydroxyl groups excluding tert-OH is 1. The number of hydrogen-bond acceptors (Lipinski definition) is 7. The van der Waals surface area contributed by atoms with Crippen molar-refractivity contribution in [2.45, 2.75) is 32.3 Å². The van der Waals surface area contributed by atoms with E-state index in [2.05, 4.69) is 0 Å². The summed E-state index contributed by atoms with van der Waals surface area (Å²) in [4.78, 5) is 54.4. The summed E-state index contributed by atoms with van der Waals surface area (Å²) >= 11 is 0. The summed E-state index contributed by atoms with van der Waals surface area (Å²) in [6.45, 7) is 1.44. The number of carbonyl (C=O) groups is 4. The third-order valence-corrected chi connectivity index (χ3v) is 8.39. The molecule has 0 bridgehead atoms. The lowest BCUT2D eigenvalue weighted by molar-refractivity contribution is -0.173. The number of hydroxylamine groups is 2. The van der Waals surface area contributed by atoms with Crippen molar-refractivity contribution in [3.8, 4) is 0 Å². The lowest BCUT2D eigenvalue weighted by atomic mass is 9.52. The second-order valence-corrected chi connectivity index (χ2v) is 9.95. The molecule has 4 aliphatic rings. The third-order valence-electron chi connectivity index (χ3n) is 8.39. The van der Waals surface area contributed by atoms with Crippen LogP contribution in [0.3, 0.4) is 0 Å². The number of carbonyl (C=O) groups excluding carboxylic acids is 4. The fourth-order valence-corrected chi connectivity index (χ4v) is 6.76. The number of fused-ring (bicyclic) bond motifs is 4. The number of para-hydroxylation sites is 1. The van der Waals surface area contributed by atoms with E-state index in [-0.39, 0.29) is 36.3 Å². The van der Waals surface area contributed by atoms with Gasteiger partial charge in [0.05, 0.1) is 34.8 Å².